The minimum atomic E-state index is 0.244. The fourth-order valence-electron chi connectivity index (χ4n) is 3.93. The highest BCUT2D eigenvalue weighted by molar-refractivity contribution is 5.70. The molecule has 0 unspecified atom stereocenters. The molecule has 0 amide bonds. The van der Waals surface area contributed by atoms with E-state index in [0.717, 1.165) is 19.3 Å². The number of para-hydroxylation sites is 1. The van der Waals surface area contributed by atoms with Crippen molar-refractivity contribution < 1.29 is 0 Å². The third-order valence-electron chi connectivity index (χ3n) is 5.93. The van der Waals surface area contributed by atoms with Crippen LogP contribution in [0.3, 0.4) is 0 Å². The van der Waals surface area contributed by atoms with Crippen LogP contribution >= 0.6 is 0 Å². The van der Waals surface area contributed by atoms with E-state index in [-0.39, 0.29) is 5.41 Å². The summed E-state index contributed by atoms with van der Waals surface area (Å²) in [5.74, 6) is 0. The van der Waals surface area contributed by atoms with Gasteiger partial charge in [-0.25, -0.2) is 0 Å². The Kier molecular flexibility index (Phi) is 7.95. The highest BCUT2D eigenvalue weighted by atomic mass is 14.9. The topological polar surface area (TPSA) is 12.0 Å². The molecule has 2 rings (SSSR count). The first kappa shape index (κ1) is 21.5. The molecule has 0 aliphatic heterocycles. The molecular weight excluding hydrogens is 326 g/mol. The normalized spacial score (nSPS) is 11.6. The SMILES string of the molecule is CCCCCC(C)(C)c1ccc(Nc2c(CC)cccc2CC)c(CC)c1. The lowest BCUT2D eigenvalue weighted by Gasteiger charge is -2.27. The van der Waals surface area contributed by atoms with E-state index in [1.165, 1.54) is 59.3 Å². The van der Waals surface area contributed by atoms with Gasteiger partial charge < -0.3 is 5.32 Å². The Labute approximate surface area is 167 Å². The van der Waals surface area contributed by atoms with Crippen molar-refractivity contribution in [3.63, 3.8) is 0 Å². The average molecular weight is 366 g/mol. The van der Waals surface area contributed by atoms with E-state index < -0.39 is 0 Å². The fraction of sp³-hybridized carbons (Fsp3) is 0.538. The number of hydrogen-bond acceptors (Lipinski definition) is 1. The number of anilines is 2. The van der Waals surface area contributed by atoms with E-state index in [9.17, 15) is 0 Å². The molecule has 0 fully saturated rings. The van der Waals surface area contributed by atoms with Crippen molar-refractivity contribution in [2.45, 2.75) is 91.9 Å². The molecule has 0 aliphatic carbocycles. The van der Waals surface area contributed by atoms with Crippen molar-refractivity contribution in [1.29, 1.82) is 0 Å². The van der Waals surface area contributed by atoms with Crippen molar-refractivity contribution in [3.8, 4) is 0 Å². The van der Waals surface area contributed by atoms with Gasteiger partial charge in [0, 0.05) is 11.4 Å². The number of nitrogens with one attached hydrogen (secondary N) is 1. The number of hydrogen-bond donors (Lipinski definition) is 1. The molecule has 0 bridgehead atoms. The van der Waals surface area contributed by atoms with E-state index in [4.69, 9.17) is 0 Å². The van der Waals surface area contributed by atoms with Gasteiger partial charge in [-0.3, -0.25) is 0 Å². The van der Waals surface area contributed by atoms with Gasteiger partial charge in [0.05, 0.1) is 0 Å². The predicted octanol–water partition coefficient (Wildman–Crippen LogP) is 7.98. The summed E-state index contributed by atoms with van der Waals surface area (Å²) in [4.78, 5) is 0. The third kappa shape index (κ3) is 5.37. The zero-order valence-electron chi connectivity index (χ0n) is 18.4. The minimum Gasteiger partial charge on any atom is -0.355 e. The maximum atomic E-state index is 3.79. The molecule has 2 aromatic carbocycles. The van der Waals surface area contributed by atoms with E-state index in [0.29, 0.717) is 0 Å². The van der Waals surface area contributed by atoms with Crippen LogP contribution in [0.1, 0.15) is 89.5 Å². The van der Waals surface area contributed by atoms with E-state index >= 15 is 0 Å². The Balaban J connectivity index is 2.32. The van der Waals surface area contributed by atoms with Crippen molar-refractivity contribution in [1.82, 2.24) is 0 Å². The van der Waals surface area contributed by atoms with Gasteiger partial charge in [0.2, 0.25) is 0 Å². The smallest absolute Gasteiger partial charge is 0.0449 e. The van der Waals surface area contributed by atoms with Crippen LogP contribution < -0.4 is 5.32 Å². The van der Waals surface area contributed by atoms with Crippen molar-refractivity contribution in [2.75, 3.05) is 5.32 Å². The molecule has 0 heterocycles. The van der Waals surface area contributed by atoms with Crippen molar-refractivity contribution in [2.24, 2.45) is 0 Å². The molecule has 0 atom stereocenters. The lowest BCUT2D eigenvalue weighted by Crippen LogP contribution is -2.17. The molecule has 27 heavy (non-hydrogen) atoms. The molecule has 0 aliphatic rings. The summed E-state index contributed by atoms with van der Waals surface area (Å²) in [7, 11) is 0. The Morgan fingerprint density at radius 3 is 1.96 bits per heavy atom. The van der Waals surface area contributed by atoms with Gasteiger partial charge in [0.25, 0.3) is 0 Å². The number of aryl methyl sites for hydroxylation is 3. The Hall–Kier alpha value is -1.76. The number of rotatable bonds is 10. The maximum absolute atomic E-state index is 3.79. The van der Waals surface area contributed by atoms with Crippen molar-refractivity contribution in [3.05, 3.63) is 58.7 Å². The standard InChI is InChI=1S/C26H39N/c1-7-11-12-18-26(5,6)23-16-17-24(22(10-4)19-23)27-25-20(8-2)14-13-15-21(25)9-3/h13-17,19,27H,7-12,18H2,1-6H3. The quantitative estimate of drug-likeness (QED) is 0.421. The lowest BCUT2D eigenvalue weighted by molar-refractivity contribution is 0.450. The average Bonchev–Trinajstić information content (AvgIpc) is 2.68. The Bertz CT molecular complexity index is 705. The van der Waals surface area contributed by atoms with Crippen LogP contribution in [0.25, 0.3) is 0 Å². The summed E-state index contributed by atoms with van der Waals surface area (Å²) in [6, 6.07) is 13.8. The third-order valence-corrected chi connectivity index (χ3v) is 5.93. The first-order valence-corrected chi connectivity index (χ1v) is 11.0. The molecule has 0 aromatic heterocycles. The molecule has 0 saturated heterocycles. The van der Waals surface area contributed by atoms with Gasteiger partial charge >= 0.3 is 0 Å². The zero-order valence-corrected chi connectivity index (χ0v) is 18.4. The minimum absolute atomic E-state index is 0.244. The summed E-state index contributed by atoms with van der Waals surface area (Å²) in [6.45, 7) is 13.8. The van der Waals surface area contributed by atoms with E-state index in [1.807, 2.05) is 0 Å². The Morgan fingerprint density at radius 2 is 1.41 bits per heavy atom. The van der Waals surface area contributed by atoms with Crippen LogP contribution in [0.15, 0.2) is 36.4 Å². The van der Waals surface area contributed by atoms with Crippen LogP contribution in [0.4, 0.5) is 11.4 Å². The van der Waals surface area contributed by atoms with E-state index in [2.05, 4.69) is 83.3 Å². The summed E-state index contributed by atoms with van der Waals surface area (Å²) in [5.41, 5.74) is 8.52. The summed E-state index contributed by atoms with van der Waals surface area (Å²) < 4.78 is 0. The van der Waals surface area contributed by atoms with Gasteiger partial charge in [-0.2, -0.15) is 0 Å². The molecule has 2 aromatic rings. The number of unbranched alkanes of at least 4 members (excludes halogenated alkanes) is 2. The highest BCUT2D eigenvalue weighted by Gasteiger charge is 2.21. The molecule has 148 valence electrons. The summed E-state index contributed by atoms with van der Waals surface area (Å²) >= 11 is 0. The second kappa shape index (κ2) is 9.97. The van der Waals surface area contributed by atoms with Crippen LogP contribution in [0.2, 0.25) is 0 Å². The van der Waals surface area contributed by atoms with E-state index in [1.54, 1.807) is 0 Å². The highest BCUT2D eigenvalue weighted by Crippen LogP contribution is 2.34. The van der Waals surface area contributed by atoms with Gasteiger partial charge in [-0.05, 0) is 59.4 Å². The molecule has 1 N–H and O–H groups in total. The first-order valence-electron chi connectivity index (χ1n) is 11.0. The molecule has 1 nitrogen and oxygen atoms in total. The summed E-state index contributed by atoms with van der Waals surface area (Å²) in [6.07, 6.45) is 8.36. The second-order valence-corrected chi connectivity index (χ2v) is 8.35. The van der Waals surface area contributed by atoms with Crippen LogP contribution in [-0.2, 0) is 24.7 Å². The van der Waals surface area contributed by atoms with Crippen LogP contribution in [0.5, 0.6) is 0 Å². The molecule has 0 radical (unpaired) electrons. The van der Waals surface area contributed by atoms with Crippen molar-refractivity contribution >= 4 is 11.4 Å². The summed E-state index contributed by atoms with van der Waals surface area (Å²) in [5, 5.41) is 3.79. The monoisotopic (exact) mass is 365 g/mol. The second-order valence-electron chi connectivity index (χ2n) is 8.35. The molecule has 0 saturated carbocycles. The maximum Gasteiger partial charge on any atom is 0.0449 e. The zero-order chi connectivity index (χ0) is 19.9. The van der Waals surface area contributed by atoms with Gasteiger partial charge in [0.15, 0.2) is 0 Å². The first-order chi connectivity index (χ1) is 13.0. The predicted molar refractivity (Wildman–Crippen MR) is 121 cm³/mol. The van der Waals surface area contributed by atoms with Gasteiger partial charge in [0.1, 0.15) is 0 Å². The van der Waals surface area contributed by atoms with Gasteiger partial charge in [-0.1, -0.05) is 91.1 Å². The van der Waals surface area contributed by atoms with Gasteiger partial charge in [-0.15, -0.1) is 0 Å². The molecule has 1 heteroatoms. The Morgan fingerprint density at radius 1 is 0.778 bits per heavy atom. The fourth-order valence-corrected chi connectivity index (χ4v) is 3.93. The lowest BCUT2D eigenvalue weighted by atomic mass is 9.79. The van der Waals surface area contributed by atoms with Crippen LogP contribution in [0, 0.1) is 0 Å². The number of benzene rings is 2. The van der Waals surface area contributed by atoms with Crippen LogP contribution in [-0.4, -0.2) is 0 Å². The molecular formula is C26H39N. The largest absolute Gasteiger partial charge is 0.355 e. The molecule has 0 spiro atoms.